The number of hydrogen-bond acceptors (Lipinski definition) is 3. The maximum atomic E-state index is 5.82. The average Bonchev–Trinajstić information content (AvgIpc) is 3.40. The lowest BCUT2D eigenvalue weighted by Crippen LogP contribution is -2.31. The molecule has 1 saturated heterocycles. The molecule has 4 heterocycles. The Kier molecular flexibility index (Phi) is 5.49. The summed E-state index contributed by atoms with van der Waals surface area (Å²) < 4.78 is 2.50. The van der Waals surface area contributed by atoms with E-state index in [2.05, 4.69) is 55.2 Å². The van der Waals surface area contributed by atoms with Crippen molar-refractivity contribution in [3.63, 3.8) is 0 Å². The molecule has 0 spiro atoms. The molecular formula is C24H27N5S. The van der Waals surface area contributed by atoms with Crippen molar-refractivity contribution in [3.8, 4) is 0 Å². The zero-order valence-corrected chi connectivity index (χ0v) is 17.8. The molecule has 3 aromatic heterocycles. The van der Waals surface area contributed by atoms with Crippen LogP contribution in [0.15, 0.2) is 67.1 Å². The fraction of sp³-hybridized carbons (Fsp3) is 0.375. The second-order valence-electron chi connectivity index (χ2n) is 8.21. The molecule has 5 nitrogen and oxygen atoms in total. The first kappa shape index (κ1) is 19.2. The predicted molar refractivity (Wildman–Crippen MR) is 122 cm³/mol. The molecule has 1 aliphatic carbocycles. The highest BCUT2D eigenvalue weighted by Gasteiger charge is 2.41. The molecule has 2 fully saturated rings. The highest BCUT2D eigenvalue weighted by Crippen LogP contribution is 2.41. The standard InChI is InChI=1S/C24H27N5S/c30-24-27-22(20-12-5-7-15-26-20)23(29(24)17-18-9-4-6-14-25-18)21-13-8-16-28(21)19-10-2-1-3-11-19/h4-9,12-16,19,22-23H,1-3,10-11,17H2,(H,27,30)/t22-,23-/m0/s1. The van der Waals surface area contributed by atoms with E-state index in [4.69, 9.17) is 12.2 Å². The summed E-state index contributed by atoms with van der Waals surface area (Å²) in [6, 6.07) is 17.2. The summed E-state index contributed by atoms with van der Waals surface area (Å²) in [5, 5.41) is 4.32. The van der Waals surface area contributed by atoms with Crippen LogP contribution in [-0.4, -0.2) is 24.5 Å². The van der Waals surface area contributed by atoms with Crippen LogP contribution in [-0.2, 0) is 6.54 Å². The largest absolute Gasteiger partial charge is 0.352 e. The molecule has 1 saturated carbocycles. The third-order valence-corrected chi connectivity index (χ3v) is 6.69. The van der Waals surface area contributed by atoms with Gasteiger partial charge in [-0.3, -0.25) is 9.97 Å². The average molecular weight is 418 g/mol. The van der Waals surface area contributed by atoms with Crippen molar-refractivity contribution in [2.24, 2.45) is 0 Å². The van der Waals surface area contributed by atoms with Gasteiger partial charge in [0.2, 0.25) is 0 Å². The first-order chi connectivity index (χ1) is 14.8. The van der Waals surface area contributed by atoms with Gasteiger partial charge in [-0.05, 0) is 61.5 Å². The SMILES string of the molecule is S=C1N[C@@H](c2ccccn2)[C@H](c2cccn2C2CCCCC2)N1Cc1ccccn1. The number of rotatable bonds is 5. The topological polar surface area (TPSA) is 46.0 Å². The fourth-order valence-corrected chi connectivity index (χ4v) is 5.22. The molecule has 1 N–H and O–H groups in total. The van der Waals surface area contributed by atoms with Gasteiger partial charge in [-0.15, -0.1) is 0 Å². The van der Waals surface area contributed by atoms with Crippen LogP contribution in [0.5, 0.6) is 0 Å². The van der Waals surface area contributed by atoms with Crippen molar-refractivity contribution in [1.82, 2.24) is 24.8 Å². The van der Waals surface area contributed by atoms with Crippen LogP contribution >= 0.6 is 12.2 Å². The van der Waals surface area contributed by atoms with Crippen LogP contribution in [0.25, 0.3) is 0 Å². The van der Waals surface area contributed by atoms with Gasteiger partial charge in [0.25, 0.3) is 0 Å². The van der Waals surface area contributed by atoms with E-state index >= 15 is 0 Å². The van der Waals surface area contributed by atoms with Crippen LogP contribution in [0.1, 0.15) is 67.3 Å². The van der Waals surface area contributed by atoms with E-state index in [0.29, 0.717) is 12.6 Å². The summed E-state index contributed by atoms with van der Waals surface area (Å²) in [6.45, 7) is 0.677. The van der Waals surface area contributed by atoms with Crippen LogP contribution in [0, 0.1) is 0 Å². The highest BCUT2D eigenvalue weighted by atomic mass is 32.1. The predicted octanol–water partition coefficient (Wildman–Crippen LogP) is 4.96. The van der Waals surface area contributed by atoms with Gasteiger partial charge in [0.15, 0.2) is 5.11 Å². The first-order valence-electron chi connectivity index (χ1n) is 10.9. The van der Waals surface area contributed by atoms with Gasteiger partial charge in [0, 0.05) is 30.3 Å². The minimum Gasteiger partial charge on any atom is -0.352 e. The van der Waals surface area contributed by atoms with Crippen molar-refractivity contribution in [1.29, 1.82) is 0 Å². The van der Waals surface area contributed by atoms with Crippen molar-refractivity contribution in [3.05, 3.63) is 84.2 Å². The number of aromatic nitrogens is 3. The quantitative estimate of drug-likeness (QED) is 0.595. The van der Waals surface area contributed by atoms with Gasteiger partial charge < -0.3 is 14.8 Å². The Morgan fingerprint density at radius 1 is 0.933 bits per heavy atom. The van der Waals surface area contributed by atoms with E-state index in [1.54, 1.807) is 0 Å². The molecule has 0 unspecified atom stereocenters. The molecule has 5 rings (SSSR count). The third-order valence-electron chi connectivity index (χ3n) is 6.34. The van der Waals surface area contributed by atoms with Crippen LogP contribution in [0.2, 0.25) is 0 Å². The van der Waals surface area contributed by atoms with Crippen molar-refractivity contribution >= 4 is 17.3 Å². The zero-order valence-electron chi connectivity index (χ0n) is 17.0. The summed E-state index contributed by atoms with van der Waals surface area (Å²) in [7, 11) is 0. The summed E-state index contributed by atoms with van der Waals surface area (Å²) in [5.41, 5.74) is 3.34. The maximum absolute atomic E-state index is 5.82. The summed E-state index contributed by atoms with van der Waals surface area (Å²) in [4.78, 5) is 11.5. The lowest BCUT2D eigenvalue weighted by Gasteiger charge is -2.32. The Balaban J connectivity index is 1.54. The van der Waals surface area contributed by atoms with Crippen LogP contribution in [0.4, 0.5) is 0 Å². The van der Waals surface area contributed by atoms with Gasteiger partial charge in [-0.2, -0.15) is 0 Å². The number of nitrogens with zero attached hydrogens (tertiary/aromatic N) is 4. The molecule has 0 bridgehead atoms. The Labute approximate surface area is 183 Å². The Morgan fingerprint density at radius 3 is 2.47 bits per heavy atom. The monoisotopic (exact) mass is 417 g/mol. The van der Waals surface area contributed by atoms with E-state index in [-0.39, 0.29) is 12.1 Å². The maximum Gasteiger partial charge on any atom is 0.170 e. The van der Waals surface area contributed by atoms with Gasteiger partial charge >= 0.3 is 0 Å². The lowest BCUT2D eigenvalue weighted by molar-refractivity contribution is 0.273. The molecule has 1 aliphatic heterocycles. The molecule has 6 heteroatoms. The van der Waals surface area contributed by atoms with Gasteiger partial charge in [-0.25, -0.2) is 0 Å². The molecule has 0 amide bonds. The van der Waals surface area contributed by atoms with Crippen molar-refractivity contribution in [2.75, 3.05) is 0 Å². The van der Waals surface area contributed by atoms with Gasteiger partial charge in [0.1, 0.15) is 0 Å². The molecule has 0 aromatic carbocycles. The van der Waals surface area contributed by atoms with Gasteiger partial charge in [0.05, 0.1) is 30.0 Å². The molecule has 2 atom stereocenters. The zero-order chi connectivity index (χ0) is 20.3. The van der Waals surface area contributed by atoms with E-state index in [9.17, 15) is 0 Å². The second kappa shape index (κ2) is 8.56. The van der Waals surface area contributed by atoms with E-state index in [1.165, 1.54) is 37.8 Å². The number of pyridine rings is 2. The van der Waals surface area contributed by atoms with Crippen molar-refractivity contribution in [2.45, 2.75) is 56.8 Å². The summed E-state index contributed by atoms with van der Waals surface area (Å²) in [6.07, 6.45) is 12.4. The normalized spacial score (nSPS) is 22.3. The number of thiocarbonyl (C=S) groups is 1. The third kappa shape index (κ3) is 3.72. The van der Waals surface area contributed by atoms with E-state index in [1.807, 2.05) is 36.7 Å². The summed E-state index contributed by atoms with van der Waals surface area (Å²) >= 11 is 5.82. The first-order valence-corrected chi connectivity index (χ1v) is 11.3. The van der Waals surface area contributed by atoms with E-state index < -0.39 is 0 Å². The fourth-order valence-electron chi connectivity index (χ4n) is 4.91. The van der Waals surface area contributed by atoms with Crippen LogP contribution in [0.3, 0.4) is 0 Å². The smallest absolute Gasteiger partial charge is 0.170 e. The highest BCUT2D eigenvalue weighted by molar-refractivity contribution is 7.80. The number of hydrogen-bond donors (Lipinski definition) is 1. The molecule has 3 aromatic rings. The molecule has 2 aliphatic rings. The summed E-state index contributed by atoms with van der Waals surface area (Å²) in [5.74, 6) is 0. The van der Waals surface area contributed by atoms with E-state index in [0.717, 1.165) is 16.5 Å². The number of nitrogens with one attached hydrogen (secondary N) is 1. The Bertz CT molecular complexity index is 981. The van der Waals surface area contributed by atoms with Crippen LogP contribution < -0.4 is 5.32 Å². The Hall–Kier alpha value is -2.73. The van der Waals surface area contributed by atoms with Crippen molar-refractivity contribution < 1.29 is 0 Å². The minimum absolute atomic E-state index is 0.0136. The molecule has 154 valence electrons. The molecule has 30 heavy (non-hydrogen) atoms. The van der Waals surface area contributed by atoms with Gasteiger partial charge in [-0.1, -0.05) is 31.4 Å². The lowest BCUT2D eigenvalue weighted by atomic mass is 9.94. The molecule has 0 radical (unpaired) electrons. The molecular weight excluding hydrogens is 390 g/mol. The minimum atomic E-state index is 0.0136. The second-order valence-corrected chi connectivity index (χ2v) is 8.59. The Morgan fingerprint density at radius 2 is 1.73 bits per heavy atom.